The molecule has 1 fully saturated rings. The van der Waals surface area contributed by atoms with Gasteiger partial charge in [-0.1, -0.05) is 6.07 Å². The van der Waals surface area contributed by atoms with E-state index in [1.165, 1.54) is 11.1 Å². The van der Waals surface area contributed by atoms with E-state index >= 15 is 0 Å². The Labute approximate surface area is 130 Å². The number of nitrogens with one attached hydrogen (secondary N) is 1. The molecule has 22 heavy (non-hydrogen) atoms. The van der Waals surface area contributed by atoms with Crippen LogP contribution < -0.4 is 5.32 Å². The van der Waals surface area contributed by atoms with Crippen molar-refractivity contribution in [3.63, 3.8) is 0 Å². The smallest absolute Gasteiger partial charge is 0.148 e. The number of benzene rings is 1. The summed E-state index contributed by atoms with van der Waals surface area (Å²) in [6.45, 7) is 8.25. The number of nitrogens with zero attached hydrogens (tertiary/aromatic N) is 2. The zero-order valence-electron chi connectivity index (χ0n) is 13.4. The van der Waals surface area contributed by atoms with Crippen LogP contribution in [-0.2, 0) is 4.74 Å². The fourth-order valence-corrected chi connectivity index (χ4v) is 2.81. The molecule has 0 atom stereocenters. The number of hydrogen-bond acceptors (Lipinski definition) is 4. The van der Waals surface area contributed by atoms with Gasteiger partial charge in [0, 0.05) is 18.3 Å². The van der Waals surface area contributed by atoms with Crippen molar-refractivity contribution in [2.24, 2.45) is 5.41 Å². The molecule has 118 valence electrons. The molecule has 0 spiro atoms. The predicted molar refractivity (Wildman–Crippen MR) is 86.6 cm³/mol. The van der Waals surface area contributed by atoms with Gasteiger partial charge in [-0.05, 0) is 44.0 Å². The van der Waals surface area contributed by atoms with Crippen molar-refractivity contribution in [1.29, 1.82) is 0 Å². The van der Waals surface area contributed by atoms with Gasteiger partial charge in [0.2, 0.25) is 0 Å². The third-order valence-electron chi connectivity index (χ3n) is 4.13. The molecule has 1 aromatic heterocycles. The number of aliphatic hydroxyl groups is 1. The number of aryl methyl sites for hydroxylation is 3. The molecule has 1 aliphatic rings. The Balaban J connectivity index is 1.78. The minimum absolute atomic E-state index is 0.136. The standard InChI is InChI=1S/C17H23N3O2/c1-12-4-13(2)6-15(5-12)20-14(3)7-16(19-20)18-8-17(9-21)10-22-11-17/h4-7,21H,8-11H2,1-3H3,(H,18,19). The lowest BCUT2D eigenvalue weighted by Gasteiger charge is -2.39. The zero-order chi connectivity index (χ0) is 15.7. The van der Waals surface area contributed by atoms with Gasteiger partial charge in [-0.25, -0.2) is 4.68 Å². The molecule has 3 rings (SSSR count). The molecule has 1 saturated heterocycles. The Bertz CT molecular complexity index is 649. The predicted octanol–water partition coefficient (Wildman–Crippen LogP) is 2.22. The molecule has 1 aliphatic heterocycles. The van der Waals surface area contributed by atoms with E-state index in [9.17, 15) is 5.11 Å². The highest BCUT2D eigenvalue weighted by Crippen LogP contribution is 2.27. The minimum atomic E-state index is -0.155. The van der Waals surface area contributed by atoms with Crippen molar-refractivity contribution in [1.82, 2.24) is 9.78 Å². The maximum Gasteiger partial charge on any atom is 0.148 e. The van der Waals surface area contributed by atoms with Crippen LogP contribution in [0.25, 0.3) is 5.69 Å². The normalized spacial score (nSPS) is 16.4. The van der Waals surface area contributed by atoms with Crippen LogP contribution in [0, 0.1) is 26.2 Å². The molecule has 0 aliphatic carbocycles. The number of aliphatic hydroxyl groups excluding tert-OH is 1. The third kappa shape index (κ3) is 2.87. The van der Waals surface area contributed by atoms with Crippen molar-refractivity contribution < 1.29 is 9.84 Å². The lowest BCUT2D eigenvalue weighted by atomic mass is 9.87. The Morgan fingerprint density at radius 3 is 2.41 bits per heavy atom. The Kier molecular flexibility index (Phi) is 3.93. The largest absolute Gasteiger partial charge is 0.396 e. The van der Waals surface area contributed by atoms with E-state index in [2.05, 4.69) is 42.5 Å². The Hall–Kier alpha value is -1.85. The summed E-state index contributed by atoms with van der Waals surface area (Å²) >= 11 is 0. The second-order valence-electron chi connectivity index (χ2n) is 6.43. The first-order valence-electron chi connectivity index (χ1n) is 7.59. The molecule has 0 bridgehead atoms. The third-order valence-corrected chi connectivity index (χ3v) is 4.13. The molecule has 2 N–H and O–H groups in total. The van der Waals surface area contributed by atoms with Crippen LogP contribution in [0.4, 0.5) is 5.82 Å². The molecule has 0 amide bonds. The van der Waals surface area contributed by atoms with Gasteiger partial charge in [-0.15, -0.1) is 0 Å². The maximum absolute atomic E-state index is 9.47. The summed E-state index contributed by atoms with van der Waals surface area (Å²) in [7, 11) is 0. The SMILES string of the molecule is Cc1cc(C)cc(-n2nc(NCC3(CO)COC3)cc2C)c1. The van der Waals surface area contributed by atoms with Gasteiger partial charge in [0.25, 0.3) is 0 Å². The quantitative estimate of drug-likeness (QED) is 0.889. The molecule has 2 heterocycles. The molecule has 2 aromatic rings. The number of anilines is 1. The first-order valence-corrected chi connectivity index (χ1v) is 7.59. The van der Waals surface area contributed by atoms with Crippen LogP contribution in [0.5, 0.6) is 0 Å². The summed E-state index contributed by atoms with van der Waals surface area (Å²) in [4.78, 5) is 0. The van der Waals surface area contributed by atoms with Gasteiger partial charge < -0.3 is 15.2 Å². The second-order valence-corrected chi connectivity index (χ2v) is 6.43. The first-order chi connectivity index (χ1) is 10.5. The highest BCUT2D eigenvalue weighted by Gasteiger charge is 2.38. The highest BCUT2D eigenvalue weighted by molar-refractivity contribution is 5.44. The van der Waals surface area contributed by atoms with Crippen LogP contribution in [0.1, 0.15) is 16.8 Å². The molecular formula is C17H23N3O2. The highest BCUT2D eigenvalue weighted by atomic mass is 16.5. The van der Waals surface area contributed by atoms with Gasteiger partial charge in [-0.2, -0.15) is 5.10 Å². The van der Waals surface area contributed by atoms with E-state index in [1.807, 2.05) is 17.7 Å². The summed E-state index contributed by atoms with van der Waals surface area (Å²) in [6, 6.07) is 8.45. The summed E-state index contributed by atoms with van der Waals surface area (Å²) in [5.74, 6) is 0.830. The molecule has 0 radical (unpaired) electrons. The van der Waals surface area contributed by atoms with E-state index in [0.29, 0.717) is 19.8 Å². The van der Waals surface area contributed by atoms with E-state index in [-0.39, 0.29) is 12.0 Å². The first kappa shape index (κ1) is 15.1. The molecule has 5 heteroatoms. The van der Waals surface area contributed by atoms with E-state index in [0.717, 1.165) is 17.2 Å². The molecule has 5 nitrogen and oxygen atoms in total. The molecule has 0 saturated carbocycles. The van der Waals surface area contributed by atoms with Crippen molar-refractivity contribution in [2.75, 3.05) is 31.7 Å². The van der Waals surface area contributed by atoms with Crippen LogP contribution in [0.15, 0.2) is 24.3 Å². The lowest BCUT2D eigenvalue weighted by molar-refractivity contribution is -0.128. The fraction of sp³-hybridized carbons (Fsp3) is 0.471. The van der Waals surface area contributed by atoms with E-state index < -0.39 is 0 Å². The number of aromatic nitrogens is 2. The van der Waals surface area contributed by atoms with Gasteiger partial charge in [0.05, 0.1) is 30.9 Å². The topological polar surface area (TPSA) is 59.3 Å². The molecule has 0 unspecified atom stereocenters. The van der Waals surface area contributed by atoms with E-state index in [4.69, 9.17) is 4.74 Å². The Morgan fingerprint density at radius 1 is 1.18 bits per heavy atom. The van der Waals surface area contributed by atoms with Crippen LogP contribution in [0.2, 0.25) is 0 Å². The maximum atomic E-state index is 9.47. The van der Waals surface area contributed by atoms with Crippen molar-refractivity contribution in [3.05, 3.63) is 41.1 Å². The summed E-state index contributed by atoms with van der Waals surface area (Å²) < 4.78 is 7.17. The number of ether oxygens (including phenoxy) is 1. The number of hydrogen-bond donors (Lipinski definition) is 2. The number of rotatable bonds is 5. The van der Waals surface area contributed by atoms with Crippen molar-refractivity contribution in [3.8, 4) is 5.69 Å². The van der Waals surface area contributed by atoms with Crippen LogP contribution in [0.3, 0.4) is 0 Å². The minimum Gasteiger partial charge on any atom is -0.396 e. The second kappa shape index (κ2) is 5.74. The van der Waals surface area contributed by atoms with Gasteiger partial charge in [0.15, 0.2) is 0 Å². The summed E-state index contributed by atoms with van der Waals surface area (Å²) in [6.07, 6.45) is 0. The molecular weight excluding hydrogens is 278 g/mol. The van der Waals surface area contributed by atoms with Crippen LogP contribution >= 0.6 is 0 Å². The van der Waals surface area contributed by atoms with Crippen molar-refractivity contribution >= 4 is 5.82 Å². The van der Waals surface area contributed by atoms with E-state index in [1.54, 1.807) is 0 Å². The average Bonchev–Trinajstić information content (AvgIpc) is 2.78. The van der Waals surface area contributed by atoms with Gasteiger partial charge >= 0.3 is 0 Å². The van der Waals surface area contributed by atoms with Crippen LogP contribution in [-0.4, -0.2) is 41.3 Å². The Morgan fingerprint density at radius 2 is 1.86 bits per heavy atom. The average molecular weight is 301 g/mol. The monoisotopic (exact) mass is 301 g/mol. The zero-order valence-corrected chi connectivity index (χ0v) is 13.4. The van der Waals surface area contributed by atoms with Gasteiger partial charge in [0.1, 0.15) is 5.82 Å². The molecule has 1 aromatic carbocycles. The lowest BCUT2D eigenvalue weighted by Crippen LogP contribution is -2.50. The summed E-state index contributed by atoms with van der Waals surface area (Å²) in [5.41, 5.74) is 4.45. The fourth-order valence-electron chi connectivity index (χ4n) is 2.81. The summed E-state index contributed by atoms with van der Waals surface area (Å²) in [5, 5.41) is 17.4. The van der Waals surface area contributed by atoms with Gasteiger partial charge in [-0.3, -0.25) is 0 Å². The van der Waals surface area contributed by atoms with Crippen molar-refractivity contribution in [2.45, 2.75) is 20.8 Å².